The van der Waals surface area contributed by atoms with Crippen LogP contribution in [0.2, 0.25) is 0 Å². The Hall–Kier alpha value is -1.28. The van der Waals surface area contributed by atoms with Gasteiger partial charge in [0, 0.05) is 18.8 Å². The fraction of sp³-hybridized carbons (Fsp3) is 0.500. The molecule has 2 heteroatoms. The van der Waals surface area contributed by atoms with Crippen molar-refractivity contribution in [3.05, 3.63) is 36.0 Å². The highest BCUT2D eigenvalue weighted by Crippen LogP contribution is 2.32. The predicted molar refractivity (Wildman–Crippen MR) is 76.9 cm³/mol. The van der Waals surface area contributed by atoms with Crippen LogP contribution in [0.25, 0.3) is 10.9 Å². The summed E-state index contributed by atoms with van der Waals surface area (Å²) in [5, 5.41) is 4.72. The van der Waals surface area contributed by atoms with E-state index in [0.717, 1.165) is 12.3 Å². The lowest BCUT2D eigenvalue weighted by Crippen LogP contribution is -2.23. The summed E-state index contributed by atoms with van der Waals surface area (Å²) >= 11 is 0. The van der Waals surface area contributed by atoms with Crippen LogP contribution in [0.5, 0.6) is 0 Å². The van der Waals surface area contributed by atoms with Crippen molar-refractivity contribution < 1.29 is 0 Å². The Morgan fingerprint density at radius 2 is 2.17 bits per heavy atom. The average molecular weight is 242 g/mol. The van der Waals surface area contributed by atoms with E-state index < -0.39 is 0 Å². The molecule has 1 aromatic heterocycles. The van der Waals surface area contributed by atoms with Crippen LogP contribution >= 0.6 is 0 Å². The van der Waals surface area contributed by atoms with Crippen molar-refractivity contribution in [1.82, 2.24) is 9.88 Å². The van der Waals surface area contributed by atoms with Gasteiger partial charge >= 0.3 is 0 Å². The fourth-order valence-corrected chi connectivity index (χ4v) is 2.67. The Balaban J connectivity index is 1.97. The van der Waals surface area contributed by atoms with E-state index in [0.29, 0.717) is 6.04 Å². The molecule has 3 rings (SSSR count). The second-order valence-corrected chi connectivity index (χ2v) is 5.66. The second kappa shape index (κ2) is 4.77. The van der Waals surface area contributed by atoms with Gasteiger partial charge in [-0.3, -0.25) is 0 Å². The van der Waals surface area contributed by atoms with E-state index in [2.05, 4.69) is 47.3 Å². The third kappa shape index (κ3) is 2.30. The Kier molecular flexibility index (Phi) is 3.13. The van der Waals surface area contributed by atoms with E-state index >= 15 is 0 Å². The van der Waals surface area contributed by atoms with E-state index in [-0.39, 0.29) is 0 Å². The van der Waals surface area contributed by atoms with Gasteiger partial charge in [0.15, 0.2) is 0 Å². The molecule has 0 aliphatic heterocycles. The number of para-hydroxylation sites is 1. The summed E-state index contributed by atoms with van der Waals surface area (Å²) < 4.78 is 2.46. The molecule has 0 saturated heterocycles. The zero-order valence-corrected chi connectivity index (χ0v) is 11.3. The number of rotatable bonds is 5. The maximum Gasteiger partial charge on any atom is 0.0513 e. The number of hydrogen-bond acceptors (Lipinski definition) is 1. The lowest BCUT2D eigenvalue weighted by atomic mass is 10.0. The molecule has 1 aromatic carbocycles. The highest BCUT2D eigenvalue weighted by atomic mass is 15.0. The van der Waals surface area contributed by atoms with Gasteiger partial charge in [0.25, 0.3) is 0 Å². The molecular formula is C16H22N2. The van der Waals surface area contributed by atoms with Crippen molar-refractivity contribution in [3.63, 3.8) is 0 Å². The van der Waals surface area contributed by atoms with Crippen LogP contribution in [0.15, 0.2) is 30.5 Å². The molecular weight excluding hydrogens is 220 g/mol. The number of hydrogen-bond donors (Lipinski definition) is 1. The molecule has 2 nitrogen and oxygen atoms in total. The summed E-state index contributed by atoms with van der Waals surface area (Å²) in [4.78, 5) is 0. The largest absolute Gasteiger partial charge is 0.347 e. The molecule has 0 spiro atoms. The molecule has 2 aromatic rings. The molecule has 1 saturated carbocycles. The van der Waals surface area contributed by atoms with Gasteiger partial charge in [-0.1, -0.05) is 18.2 Å². The molecule has 1 unspecified atom stereocenters. The quantitative estimate of drug-likeness (QED) is 0.852. The number of nitrogens with zero attached hydrogens (tertiary/aromatic N) is 1. The molecule has 0 radical (unpaired) electrons. The topological polar surface area (TPSA) is 17.0 Å². The van der Waals surface area contributed by atoms with Crippen molar-refractivity contribution in [2.45, 2.75) is 38.8 Å². The van der Waals surface area contributed by atoms with Crippen LogP contribution in [0.3, 0.4) is 0 Å². The Morgan fingerprint density at radius 1 is 1.33 bits per heavy atom. The third-order valence-electron chi connectivity index (χ3n) is 4.04. The van der Waals surface area contributed by atoms with E-state index in [1.54, 1.807) is 0 Å². The molecule has 1 aliphatic carbocycles. The van der Waals surface area contributed by atoms with Crippen LogP contribution in [-0.4, -0.2) is 17.7 Å². The molecule has 0 bridgehead atoms. The average Bonchev–Trinajstić information content (AvgIpc) is 3.09. The summed E-state index contributed by atoms with van der Waals surface area (Å²) in [6, 6.07) is 9.47. The Morgan fingerprint density at radius 3 is 2.89 bits per heavy atom. The second-order valence-electron chi connectivity index (χ2n) is 5.66. The van der Waals surface area contributed by atoms with Gasteiger partial charge in [-0.25, -0.2) is 0 Å². The first kappa shape index (κ1) is 11.8. The Labute approximate surface area is 109 Å². The van der Waals surface area contributed by atoms with Crippen molar-refractivity contribution in [2.75, 3.05) is 7.05 Å². The minimum atomic E-state index is 0.528. The van der Waals surface area contributed by atoms with Crippen molar-refractivity contribution in [2.24, 2.45) is 5.92 Å². The summed E-state index contributed by atoms with van der Waals surface area (Å²) in [5.74, 6) is 0.926. The molecule has 1 fully saturated rings. The van der Waals surface area contributed by atoms with Crippen LogP contribution in [0.1, 0.15) is 25.3 Å². The highest BCUT2D eigenvalue weighted by Gasteiger charge is 2.22. The number of fused-ring (bicyclic) bond motifs is 1. The summed E-state index contributed by atoms with van der Waals surface area (Å²) in [6.07, 6.45) is 6.18. The zero-order chi connectivity index (χ0) is 12.5. The minimum absolute atomic E-state index is 0.528. The smallest absolute Gasteiger partial charge is 0.0513 e. The number of nitrogens with one attached hydrogen (secondary N) is 1. The molecule has 96 valence electrons. The number of likely N-dealkylation sites (N-methyl/N-ethyl adjacent to an activating group) is 1. The monoisotopic (exact) mass is 242 g/mol. The van der Waals surface area contributed by atoms with Gasteiger partial charge in [-0.05, 0) is 56.2 Å². The van der Waals surface area contributed by atoms with E-state index in [1.807, 2.05) is 7.05 Å². The Bertz CT molecular complexity index is 537. The van der Waals surface area contributed by atoms with Crippen LogP contribution in [0.4, 0.5) is 0 Å². The third-order valence-corrected chi connectivity index (χ3v) is 4.04. The van der Waals surface area contributed by atoms with Gasteiger partial charge < -0.3 is 9.88 Å². The van der Waals surface area contributed by atoms with E-state index in [1.165, 1.54) is 35.9 Å². The first-order valence-corrected chi connectivity index (χ1v) is 7.02. The first-order valence-electron chi connectivity index (χ1n) is 7.02. The molecule has 0 amide bonds. The minimum Gasteiger partial charge on any atom is -0.347 e. The fourth-order valence-electron chi connectivity index (χ4n) is 2.67. The van der Waals surface area contributed by atoms with Gasteiger partial charge in [0.2, 0.25) is 0 Å². The van der Waals surface area contributed by atoms with Crippen LogP contribution in [-0.2, 0) is 13.0 Å². The molecule has 1 aliphatic rings. The lowest BCUT2D eigenvalue weighted by Gasteiger charge is -2.13. The number of benzene rings is 1. The predicted octanol–water partition coefficient (Wildman–Crippen LogP) is 3.20. The molecule has 1 atom stereocenters. The lowest BCUT2D eigenvalue weighted by molar-refractivity contribution is 0.604. The van der Waals surface area contributed by atoms with Crippen molar-refractivity contribution in [3.8, 4) is 0 Å². The van der Waals surface area contributed by atoms with Crippen molar-refractivity contribution >= 4 is 10.9 Å². The molecule has 1 N–H and O–H groups in total. The highest BCUT2D eigenvalue weighted by molar-refractivity contribution is 5.83. The van der Waals surface area contributed by atoms with Crippen LogP contribution < -0.4 is 5.32 Å². The maximum absolute atomic E-state index is 3.33. The summed E-state index contributed by atoms with van der Waals surface area (Å²) in [6.45, 7) is 3.45. The normalized spacial score (nSPS) is 17.2. The van der Waals surface area contributed by atoms with E-state index in [4.69, 9.17) is 0 Å². The first-order chi connectivity index (χ1) is 8.78. The van der Waals surface area contributed by atoms with Gasteiger partial charge in [-0.15, -0.1) is 0 Å². The molecule has 1 heterocycles. The van der Waals surface area contributed by atoms with Crippen molar-refractivity contribution in [1.29, 1.82) is 0 Å². The van der Waals surface area contributed by atoms with Crippen LogP contribution in [0, 0.1) is 5.92 Å². The van der Waals surface area contributed by atoms with E-state index in [9.17, 15) is 0 Å². The SMILES string of the molecule is CNC(C)Cc1cccc2ccn(CC3CC3)c12. The van der Waals surface area contributed by atoms with Gasteiger partial charge in [0.1, 0.15) is 0 Å². The summed E-state index contributed by atoms with van der Waals surface area (Å²) in [5.41, 5.74) is 2.92. The van der Waals surface area contributed by atoms with Gasteiger partial charge in [-0.2, -0.15) is 0 Å². The number of aromatic nitrogens is 1. The maximum atomic E-state index is 3.33. The summed E-state index contributed by atoms with van der Waals surface area (Å²) in [7, 11) is 2.04. The molecule has 18 heavy (non-hydrogen) atoms. The zero-order valence-electron chi connectivity index (χ0n) is 11.3. The van der Waals surface area contributed by atoms with Gasteiger partial charge in [0.05, 0.1) is 5.52 Å². The standard InChI is InChI=1S/C16H22N2/c1-12(17-2)10-15-5-3-4-14-8-9-18(16(14)15)11-13-6-7-13/h3-5,8-9,12-13,17H,6-7,10-11H2,1-2H3.